The van der Waals surface area contributed by atoms with Gasteiger partial charge in [0, 0.05) is 17.7 Å². The maximum absolute atomic E-state index is 13.4. The van der Waals surface area contributed by atoms with Gasteiger partial charge in [0.15, 0.2) is 5.69 Å². The summed E-state index contributed by atoms with van der Waals surface area (Å²) in [4.78, 5) is 30.7. The van der Waals surface area contributed by atoms with Gasteiger partial charge in [-0.2, -0.15) is 5.10 Å². The molecular formula is C28H27ClN6O3. The average Bonchev–Trinajstić information content (AvgIpc) is 3.34. The summed E-state index contributed by atoms with van der Waals surface area (Å²) in [5.74, 6) is -0.130. The number of para-hydroxylation sites is 1. The Bertz CT molecular complexity index is 1460. The van der Waals surface area contributed by atoms with Crippen LogP contribution in [0, 0.1) is 0 Å². The molecule has 9 nitrogen and oxygen atoms in total. The van der Waals surface area contributed by atoms with Gasteiger partial charge in [-0.15, -0.1) is 0 Å². The second-order valence-electron chi connectivity index (χ2n) is 9.24. The van der Waals surface area contributed by atoms with Gasteiger partial charge in [-0.25, -0.2) is 9.67 Å². The second kappa shape index (κ2) is 11.0. The van der Waals surface area contributed by atoms with Crippen LogP contribution in [0.1, 0.15) is 46.5 Å². The average molecular weight is 531 g/mol. The van der Waals surface area contributed by atoms with Gasteiger partial charge in [0.2, 0.25) is 0 Å². The summed E-state index contributed by atoms with van der Waals surface area (Å²) < 4.78 is 1.51. The fourth-order valence-electron chi connectivity index (χ4n) is 4.48. The van der Waals surface area contributed by atoms with Crippen molar-refractivity contribution in [3.05, 3.63) is 89.1 Å². The van der Waals surface area contributed by atoms with E-state index in [2.05, 4.69) is 20.7 Å². The molecule has 1 fully saturated rings. The highest BCUT2D eigenvalue weighted by Gasteiger charge is 2.24. The topological polar surface area (TPSA) is 135 Å². The molecule has 0 aliphatic heterocycles. The van der Waals surface area contributed by atoms with Gasteiger partial charge in [0.05, 0.1) is 28.1 Å². The number of nitrogen functional groups attached to an aromatic ring is 1. The first kappa shape index (κ1) is 25.4. The van der Waals surface area contributed by atoms with Crippen molar-refractivity contribution in [3.63, 3.8) is 0 Å². The second-order valence-corrected chi connectivity index (χ2v) is 9.64. The third-order valence-electron chi connectivity index (χ3n) is 6.49. The number of pyridine rings is 1. The van der Waals surface area contributed by atoms with Gasteiger partial charge >= 0.3 is 0 Å². The Morgan fingerprint density at radius 3 is 2.45 bits per heavy atom. The number of hydrogen-bond donors (Lipinski definition) is 4. The molecule has 2 aromatic heterocycles. The van der Waals surface area contributed by atoms with Crippen molar-refractivity contribution >= 4 is 35.1 Å². The van der Waals surface area contributed by atoms with E-state index in [1.54, 1.807) is 36.4 Å². The Morgan fingerprint density at radius 1 is 0.947 bits per heavy atom. The number of aromatic nitrogens is 3. The van der Waals surface area contributed by atoms with Gasteiger partial charge in [0.1, 0.15) is 11.6 Å². The van der Waals surface area contributed by atoms with Crippen LogP contribution in [-0.4, -0.2) is 43.8 Å². The SMILES string of the molecule is Nc1cccc(-c2ccc(Cl)c(C(=O)Nc3cc(C(=O)N[C@H]4CC[C@@H](O)CC4)nn3-c3ccccc3)c2)n1. The number of nitrogens with one attached hydrogen (secondary N) is 2. The fourth-order valence-corrected chi connectivity index (χ4v) is 4.68. The van der Waals surface area contributed by atoms with E-state index in [1.165, 1.54) is 10.7 Å². The molecule has 5 N–H and O–H groups in total. The molecule has 0 saturated heterocycles. The molecule has 0 spiro atoms. The molecule has 2 amide bonds. The van der Waals surface area contributed by atoms with Crippen LogP contribution in [0.25, 0.3) is 16.9 Å². The molecule has 5 rings (SSSR count). The van der Waals surface area contributed by atoms with Gasteiger partial charge in [0.25, 0.3) is 11.8 Å². The molecule has 1 aliphatic rings. The highest BCUT2D eigenvalue weighted by molar-refractivity contribution is 6.34. The molecule has 2 aromatic carbocycles. The summed E-state index contributed by atoms with van der Waals surface area (Å²) >= 11 is 6.40. The van der Waals surface area contributed by atoms with Crippen molar-refractivity contribution in [1.82, 2.24) is 20.1 Å². The Labute approximate surface area is 224 Å². The van der Waals surface area contributed by atoms with Crippen molar-refractivity contribution < 1.29 is 14.7 Å². The van der Waals surface area contributed by atoms with Crippen LogP contribution >= 0.6 is 11.6 Å². The Morgan fingerprint density at radius 2 is 1.71 bits per heavy atom. The standard InChI is InChI=1S/C28H27ClN6O3/c29-22-14-9-17(23-7-4-8-25(30)32-23)15-21(22)27(37)33-26-16-24(34-35(26)19-5-2-1-3-6-19)28(38)31-18-10-12-20(36)13-11-18/h1-9,14-16,18,20,36H,10-13H2,(H2,30,32)(H,31,38)(H,33,37)/t18-,20+. The first-order chi connectivity index (χ1) is 18.4. The maximum atomic E-state index is 13.4. The monoisotopic (exact) mass is 530 g/mol. The number of benzene rings is 2. The summed E-state index contributed by atoms with van der Waals surface area (Å²) in [5.41, 5.74) is 8.19. The predicted molar refractivity (Wildman–Crippen MR) is 146 cm³/mol. The summed E-state index contributed by atoms with van der Waals surface area (Å²) in [7, 11) is 0. The van der Waals surface area contributed by atoms with Crippen molar-refractivity contribution in [3.8, 4) is 16.9 Å². The number of aliphatic hydroxyl groups is 1. The van der Waals surface area contributed by atoms with Crippen LogP contribution in [0.3, 0.4) is 0 Å². The zero-order chi connectivity index (χ0) is 26.6. The number of aliphatic hydroxyl groups excluding tert-OH is 1. The lowest BCUT2D eigenvalue weighted by Crippen LogP contribution is -2.38. The highest BCUT2D eigenvalue weighted by atomic mass is 35.5. The van der Waals surface area contributed by atoms with Gasteiger partial charge in [-0.3, -0.25) is 9.59 Å². The number of anilines is 2. The van der Waals surface area contributed by atoms with Gasteiger partial charge in [-0.1, -0.05) is 41.9 Å². The first-order valence-electron chi connectivity index (χ1n) is 12.4. The minimum absolute atomic E-state index is 0.0343. The molecule has 0 radical (unpaired) electrons. The largest absolute Gasteiger partial charge is 0.393 e. The summed E-state index contributed by atoms with van der Waals surface area (Å²) in [5, 5.41) is 20.4. The van der Waals surface area contributed by atoms with E-state index in [0.717, 1.165) is 0 Å². The molecule has 38 heavy (non-hydrogen) atoms. The molecule has 1 saturated carbocycles. The first-order valence-corrected chi connectivity index (χ1v) is 12.7. The predicted octanol–water partition coefficient (Wildman–Crippen LogP) is 4.46. The Kier molecular flexibility index (Phi) is 7.39. The molecular weight excluding hydrogens is 504 g/mol. The van der Waals surface area contributed by atoms with E-state index < -0.39 is 5.91 Å². The molecule has 0 unspecified atom stereocenters. The molecule has 4 aromatic rings. The van der Waals surface area contributed by atoms with Crippen LogP contribution in [-0.2, 0) is 0 Å². The third-order valence-corrected chi connectivity index (χ3v) is 6.82. The lowest BCUT2D eigenvalue weighted by atomic mass is 9.93. The molecule has 2 heterocycles. The number of hydrogen-bond acceptors (Lipinski definition) is 6. The Hall–Kier alpha value is -4.21. The lowest BCUT2D eigenvalue weighted by Gasteiger charge is -2.25. The normalized spacial score (nSPS) is 17.1. The zero-order valence-electron chi connectivity index (χ0n) is 20.5. The van der Waals surface area contributed by atoms with E-state index in [1.807, 2.05) is 30.3 Å². The maximum Gasteiger partial charge on any atom is 0.272 e. The van der Waals surface area contributed by atoms with Crippen LogP contribution < -0.4 is 16.4 Å². The highest BCUT2D eigenvalue weighted by Crippen LogP contribution is 2.27. The molecule has 194 valence electrons. The van der Waals surface area contributed by atoms with Crippen molar-refractivity contribution in [1.29, 1.82) is 0 Å². The Balaban J connectivity index is 1.43. The molecule has 0 bridgehead atoms. The number of halogens is 1. The summed E-state index contributed by atoms with van der Waals surface area (Å²) in [6.07, 6.45) is 2.38. The number of amides is 2. The van der Waals surface area contributed by atoms with Crippen LogP contribution in [0.2, 0.25) is 5.02 Å². The molecule has 0 atom stereocenters. The van der Waals surface area contributed by atoms with Crippen LogP contribution in [0.15, 0.2) is 72.8 Å². The van der Waals surface area contributed by atoms with E-state index in [9.17, 15) is 14.7 Å². The van der Waals surface area contributed by atoms with Crippen LogP contribution in [0.4, 0.5) is 11.6 Å². The van der Waals surface area contributed by atoms with Crippen LogP contribution in [0.5, 0.6) is 0 Å². The van der Waals surface area contributed by atoms with E-state index >= 15 is 0 Å². The van der Waals surface area contributed by atoms with Crippen molar-refractivity contribution in [2.45, 2.75) is 37.8 Å². The summed E-state index contributed by atoms with van der Waals surface area (Å²) in [6, 6.07) is 21.0. The number of nitrogens with zero attached hydrogens (tertiary/aromatic N) is 3. The summed E-state index contributed by atoms with van der Waals surface area (Å²) in [6.45, 7) is 0. The number of nitrogens with two attached hydrogens (primary N) is 1. The molecule has 10 heteroatoms. The van der Waals surface area contributed by atoms with E-state index in [0.29, 0.717) is 54.3 Å². The minimum atomic E-state index is -0.467. The fraction of sp³-hybridized carbons (Fsp3) is 0.214. The third kappa shape index (κ3) is 5.69. The number of carbonyl (C=O) groups excluding carboxylic acids is 2. The van der Waals surface area contributed by atoms with Gasteiger partial charge in [-0.05, 0) is 62.1 Å². The minimum Gasteiger partial charge on any atom is -0.393 e. The lowest BCUT2D eigenvalue weighted by molar-refractivity contribution is 0.0862. The van der Waals surface area contributed by atoms with E-state index in [-0.39, 0.29) is 34.3 Å². The number of rotatable bonds is 6. The number of carbonyl (C=O) groups is 2. The zero-order valence-corrected chi connectivity index (χ0v) is 21.2. The molecule has 1 aliphatic carbocycles. The quantitative estimate of drug-likeness (QED) is 0.291. The van der Waals surface area contributed by atoms with Crippen molar-refractivity contribution in [2.24, 2.45) is 0 Å². The van der Waals surface area contributed by atoms with Crippen molar-refractivity contribution in [2.75, 3.05) is 11.1 Å². The van der Waals surface area contributed by atoms with E-state index in [4.69, 9.17) is 17.3 Å². The van der Waals surface area contributed by atoms with Gasteiger partial charge < -0.3 is 21.5 Å². The smallest absolute Gasteiger partial charge is 0.272 e.